The van der Waals surface area contributed by atoms with Crippen molar-refractivity contribution in [3.63, 3.8) is 0 Å². The minimum atomic E-state index is -0.446. The first-order valence-electron chi connectivity index (χ1n) is 10.2. The van der Waals surface area contributed by atoms with Crippen molar-refractivity contribution in [1.29, 1.82) is 0 Å². The summed E-state index contributed by atoms with van der Waals surface area (Å²) in [7, 11) is 0. The summed E-state index contributed by atoms with van der Waals surface area (Å²) < 4.78 is 0. The lowest BCUT2D eigenvalue weighted by atomic mass is 9.86. The van der Waals surface area contributed by atoms with E-state index in [9.17, 15) is 5.11 Å². The molecule has 1 N–H and O–H groups in total. The van der Waals surface area contributed by atoms with E-state index in [0.29, 0.717) is 0 Å². The highest BCUT2D eigenvalue weighted by Gasteiger charge is 2.19. The van der Waals surface area contributed by atoms with E-state index in [1.807, 2.05) is 19.1 Å². The van der Waals surface area contributed by atoms with Crippen LogP contribution >= 0.6 is 0 Å². The molecule has 0 aromatic heterocycles. The number of rotatable bonds is 0. The Bertz CT molecular complexity index is 1300. The van der Waals surface area contributed by atoms with Gasteiger partial charge in [-0.2, -0.15) is 0 Å². The third kappa shape index (κ3) is 2.99. The number of aliphatic hydroxyl groups is 1. The van der Waals surface area contributed by atoms with Gasteiger partial charge in [-0.1, -0.05) is 85.0 Å². The number of aryl methyl sites for hydroxylation is 1. The molecular weight excluding hydrogens is 352 g/mol. The predicted molar refractivity (Wildman–Crippen MR) is 124 cm³/mol. The molecule has 4 aromatic carbocycles. The van der Waals surface area contributed by atoms with E-state index in [0.717, 1.165) is 17.6 Å². The van der Waals surface area contributed by atoms with Crippen molar-refractivity contribution in [3.8, 4) is 0 Å². The maximum atomic E-state index is 10.2. The van der Waals surface area contributed by atoms with Crippen LogP contribution in [-0.2, 0) is 6.42 Å². The Labute approximate surface area is 171 Å². The van der Waals surface area contributed by atoms with E-state index in [1.165, 1.54) is 43.8 Å². The highest BCUT2D eigenvalue weighted by molar-refractivity contribution is 5.98. The molecule has 4 aromatic rings. The van der Waals surface area contributed by atoms with Gasteiger partial charge in [-0.15, -0.1) is 0 Å². The highest BCUT2D eigenvalue weighted by Crippen LogP contribution is 2.38. The van der Waals surface area contributed by atoms with Crippen LogP contribution in [-0.4, -0.2) is 5.11 Å². The summed E-state index contributed by atoms with van der Waals surface area (Å²) in [6.45, 7) is 4.09. The van der Waals surface area contributed by atoms with Gasteiger partial charge in [-0.3, -0.25) is 0 Å². The van der Waals surface area contributed by atoms with Crippen molar-refractivity contribution in [1.82, 2.24) is 0 Å². The van der Waals surface area contributed by atoms with Crippen LogP contribution in [0.1, 0.15) is 40.8 Å². The molecule has 0 heterocycles. The molecule has 142 valence electrons. The van der Waals surface area contributed by atoms with Crippen molar-refractivity contribution in [2.45, 2.75) is 26.4 Å². The van der Waals surface area contributed by atoms with Crippen molar-refractivity contribution in [2.24, 2.45) is 0 Å². The summed E-state index contributed by atoms with van der Waals surface area (Å²) in [6, 6.07) is 23.5. The van der Waals surface area contributed by atoms with Crippen LogP contribution in [0, 0.1) is 6.92 Å². The molecule has 6 rings (SSSR count). The number of hydrogen-bond acceptors (Lipinski definition) is 1. The summed E-state index contributed by atoms with van der Waals surface area (Å²) in [5.74, 6) is 0. The fourth-order valence-corrected chi connectivity index (χ4v) is 4.60. The Hall–Kier alpha value is -3.16. The van der Waals surface area contributed by atoms with Crippen molar-refractivity contribution in [3.05, 3.63) is 106 Å². The number of benzene rings is 4. The zero-order valence-corrected chi connectivity index (χ0v) is 16.8. The van der Waals surface area contributed by atoms with E-state index >= 15 is 0 Å². The average Bonchev–Trinajstić information content (AvgIpc) is 2.75. The van der Waals surface area contributed by atoms with Crippen LogP contribution in [0.5, 0.6) is 0 Å². The molecule has 0 saturated heterocycles. The second-order valence-corrected chi connectivity index (χ2v) is 8.00. The minimum Gasteiger partial charge on any atom is -0.384 e. The summed E-state index contributed by atoms with van der Waals surface area (Å²) in [5, 5.41) is 15.4. The summed E-state index contributed by atoms with van der Waals surface area (Å²) >= 11 is 0. The molecule has 0 radical (unpaired) electrons. The van der Waals surface area contributed by atoms with Gasteiger partial charge in [0.2, 0.25) is 0 Å². The lowest BCUT2D eigenvalue weighted by Gasteiger charge is -2.22. The third-order valence-corrected chi connectivity index (χ3v) is 6.09. The van der Waals surface area contributed by atoms with E-state index in [2.05, 4.69) is 79.7 Å². The molecule has 0 amide bonds. The molecule has 2 aliphatic carbocycles. The lowest BCUT2D eigenvalue weighted by molar-refractivity contribution is 0.218. The fraction of sp³-hybridized carbons (Fsp3) is 0.143. The summed E-state index contributed by atoms with van der Waals surface area (Å²) in [4.78, 5) is 0. The van der Waals surface area contributed by atoms with Gasteiger partial charge in [0.25, 0.3) is 0 Å². The van der Waals surface area contributed by atoms with Crippen molar-refractivity contribution in [2.75, 3.05) is 0 Å². The van der Waals surface area contributed by atoms with Crippen LogP contribution < -0.4 is 0 Å². The monoisotopic (exact) mass is 376 g/mol. The molecule has 0 fully saturated rings. The maximum Gasteiger partial charge on any atom is 0.101 e. The van der Waals surface area contributed by atoms with Gasteiger partial charge in [0.1, 0.15) is 6.10 Å². The largest absolute Gasteiger partial charge is 0.384 e. The van der Waals surface area contributed by atoms with Crippen molar-refractivity contribution >= 4 is 33.7 Å². The predicted octanol–water partition coefficient (Wildman–Crippen LogP) is 7.01. The quantitative estimate of drug-likeness (QED) is 0.350. The molecule has 1 heteroatoms. The topological polar surface area (TPSA) is 20.2 Å². The molecule has 1 nitrogen and oxygen atoms in total. The molecule has 1 unspecified atom stereocenters. The zero-order chi connectivity index (χ0) is 20.0. The Morgan fingerprint density at radius 1 is 0.793 bits per heavy atom. The first kappa shape index (κ1) is 17.9. The highest BCUT2D eigenvalue weighted by atomic mass is 16.3. The van der Waals surface area contributed by atoms with Gasteiger partial charge in [-0.25, -0.2) is 0 Å². The lowest BCUT2D eigenvalue weighted by Crippen LogP contribution is -2.05. The maximum absolute atomic E-state index is 10.2. The van der Waals surface area contributed by atoms with E-state index < -0.39 is 6.10 Å². The summed E-state index contributed by atoms with van der Waals surface area (Å²) in [6.07, 6.45) is 7.17. The van der Waals surface area contributed by atoms with Gasteiger partial charge >= 0.3 is 0 Å². The molecule has 0 spiro atoms. The Balaban J connectivity index is 0.000000128. The number of hydrogen-bond donors (Lipinski definition) is 1. The second kappa shape index (κ2) is 7.02. The number of aliphatic hydroxyl groups excluding tert-OH is 1. The normalized spacial score (nSPS) is 16.4. The minimum absolute atomic E-state index is 0.446. The van der Waals surface area contributed by atoms with Crippen LogP contribution in [0.4, 0.5) is 0 Å². The first-order valence-corrected chi connectivity index (χ1v) is 10.2. The molecule has 0 saturated carbocycles. The van der Waals surface area contributed by atoms with E-state index in [4.69, 9.17) is 0 Å². The van der Waals surface area contributed by atoms with Gasteiger partial charge < -0.3 is 5.11 Å². The third-order valence-electron chi connectivity index (χ3n) is 6.09. The van der Waals surface area contributed by atoms with Crippen molar-refractivity contribution < 1.29 is 5.11 Å². The van der Waals surface area contributed by atoms with Crippen LogP contribution in [0.15, 0.2) is 78.4 Å². The SMILES string of the molecule is C1=Cc2cccc3cccc(c23)C1.CC1=Cc2ccc(C)c3cccc(c23)C1O. The zero-order valence-electron chi connectivity index (χ0n) is 16.8. The van der Waals surface area contributed by atoms with Gasteiger partial charge in [0.15, 0.2) is 0 Å². The Morgan fingerprint density at radius 2 is 1.59 bits per heavy atom. The van der Waals surface area contributed by atoms with Gasteiger partial charge in [0.05, 0.1) is 0 Å². The molecular formula is C28H24O. The average molecular weight is 376 g/mol. The van der Waals surface area contributed by atoms with Gasteiger partial charge in [0, 0.05) is 0 Å². The first-order chi connectivity index (χ1) is 14.1. The smallest absolute Gasteiger partial charge is 0.101 e. The van der Waals surface area contributed by atoms with Crippen LogP contribution in [0.3, 0.4) is 0 Å². The van der Waals surface area contributed by atoms with Crippen LogP contribution in [0.2, 0.25) is 0 Å². The standard InChI is InChI=1S/C15H14O.C13H10/c1-9-6-7-11-8-10(2)15(16)13-5-3-4-12(9)14(11)13;1-4-10-6-2-8-12-9-3-7-11(5-1)13(10)12/h3-8,15-16H,1-2H3;1-8H,9H2. The van der Waals surface area contributed by atoms with E-state index in [-0.39, 0.29) is 0 Å². The van der Waals surface area contributed by atoms with Crippen LogP contribution in [0.25, 0.3) is 33.7 Å². The fourth-order valence-electron chi connectivity index (χ4n) is 4.60. The number of allylic oxidation sites excluding steroid dienone is 1. The van der Waals surface area contributed by atoms with E-state index in [1.54, 1.807) is 0 Å². The van der Waals surface area contributed by atoms with Gasteiger partial charge in [-0.05, 0) is 75.2 Å². The molecule has 0 aliphatic heterocycles. The molecule has 29 heavy (non-hydrogen) atoms. The second-order valence-electron chi connectivity index (χ2n) is 8.00. The molecule has 2 aliphatic rings. The summed E-state index contributed by atoms with van der Waals surface area (Å²) in [5.41, 5.74) is 7.36. The Morgan fingerprint density at radius 3 is 2.45 bits per heavy atom. The molecule has 1 atom stereocenters. The molecule has 0 bridgehead atoms. The Kier molecular flexibility index (Phi) is 4.34.